The van der Waals surface area contributed by atoms with Gasteiger partial charge in [-0.15, -0.1) is 0 Å². The van der Waals surface area contributed by atoms with Gasteiger partial charge in [0, 0.05) is 48.7 Å². The smallest absolute Gasteiger partial charge is 0.164 e. The molecule has 6 heteroatoms. The van der Waals surface area contributed by atoms with Crippen LogP contribution in [0.3, 0.4) is 0 Å². The third-order valence-electron chi connectivity index (χ3n) is 5.35. The molecule has 2 aromatic heterocycles. The standard InChI is InChI=1S/C22H26N2O4/c1-25-19-13-21(27-3)20(26-2)12-17(19)22-18-6-4-8-23(18)9-5-10-24(22)14-16-7-11-28-15-16/h4,6-8,11-13,15,22H,5,9-10,14H2,1-3H3. The summed E-state index contributed by atoms with van der Waals surface area (Å²) in [4.78, 5) is 2.47. The molecule has 1 aliphatic heterocycles. The molecular formula is C22H26N2O4. The van der Waals surface area contributed by atoms with Crippen LogP contribution in [0.1, 0.15) is 29.3 Å². The van der Waals surface area contributed by atoms with E-state index in [0.29, 0.717) is 11.5 Å². The molecule has 1 aliphatic rings. The molecule has 0 N–H and O–H groups in total. The Morgan fingerprint density at radius 2 is 1.79 bits per heavy atom. The molecule has 0 spiro atoms. The van der Waals surface area contributed by atoms with E-state index in [9.17, 15) is 0 Å². The van der Waals surface area contributed by atoms with Crippen molar-refractivity contribution in [3.8, 4) is 17.2 Å². The fourth-order valence-electron chi connectivity index (χ4n) is 4.05. The van der Waals surface area contributed by atoms with Gasteiger partial charge in [-0.05, 0) is 30.7 Å². The first kappa shape index (κ1) is 18.5. The van der Waals surface area contributed by atoms with Gasteiger partial charge in [-0.1, -0.05) is 0 Å². The fraction of sp³-hybridized carbons (Fsp3) is 0.364. The molecule has 1 aromatic carbocycles. The molecule has 148 valence electrons. The summed E-state index contributed by atoms with van der Waals surface area (Å²) in [6.45, 7) is 2.76. The van der Waals surface area contributed by atoms with Crippen LogP contribution in [0.25, 0.3) is 0 Å². The third kappa shape index (κ3) is 3.36. The molecule has 0 amide bonds. The number of hydrogen-bond donors (Lipinski definition) is 0. The molecule has 0 radical (unpaired) electrons. The summed E-state index contributed by atoms with van der Waals surface area (Å²) in [6.07, 6.45) is 6.76. The van der Waals surface area contributed by atoms with E-state index in [1.807, 2.05) is 24.5 Å². The maximum Gasteiger partial charge on any atom is 0.164 e. The van der Waals surface area contributed by atoms with Crippen LogP contribution >= 0.6 is 0 Å². The summed E-state index contributed by atoms with van der Waals surface area (Å²) >= 11 is 0. The number of aromatic nitrogens is 1. The Bertz CT molecular complexity index is 917. The lowest BCUT2D eigenvalue weighted by Crippen LogP contribution is -2.29. The lowest BCUT2D eigenvalue weighted by Gasteiger charge is -2.31. The Balaban J connectivity index is 1.85. The highest BCUT2D eigenvalue weighted by Gasteiger charge is 2.31. The van der Waals surface area contributed by atoms with Gasteiger partial charge in [-0.3, -0.25) is 4.90 Å². The fourth-order valence-corrected chi connectivity index (χ4v) is 4.05. The van der Waals surface area contributed by atoms with Gasteiger partial charge in [0.1, 0.15) is 5.75 Å². The molecule has 28 heavy (non-hydrogen) atoms. The summed E-state index contributed by atoms with van der Waals surface area (Å²) in [6, 6.07) is 10.3. The number of rotatable bonds is 6. The second-order valence-corrected chi connectivity index (χ2v) is 6.93. The number of fused-ring (bicyclic) bond motifs is 1. The van der Waals surface area contributed by atoms with Crippen LogP contribution in [-0.4, -0.2) is 37.3 Å². The number of hydrogen-bond acceptors (Lipinski definition) is 5. The molecule has 0 aliphatic carbocycles. The molecular weight excluding hydrogens is 356 g/mol. The number of aryl methyl sites for hydroxylation is 1. The van der Waals surface area contributed by atoms with Crippen molar-refractivity contribution in [2.24, 2.45) is 0 Å². The van der Waals surface area contributed by atoms with E-state index in [1.165, 1.54) is 5.69 Å². The molecule has 0 bridgehead atoms. The SMILES string of the molecule is COc1cc(OC)c(C2c3cccn3CCCN2Cc2ccoc2)cc1OC. The first-order valence-electron chi connectivity index (χ1n) is 9.45. The van der Waals surface area contributed by atoms with E-state index in [2.05, 4.69) is 27.8 Å². The molecule has 1 unspecified atom stereocenters. The lowest BCUT2D eigenvalue weighted by atomic mass is 9.99. The van der Waals surface area contributed by atoms with Gasteiger partial charge < -0.3 is 23.2 Å². The lowest BCUT2D eigenvalue weighted by molar-refractivity contribution is 0.215. The highest BCUT2D eigenvalue weighted by atomic mass is 16.5. The van der Waals surface area contributed by atoms with Gasteiger partial charge in [-0.2, -0.15) is 0 Å². The number of furan rings is 1. The molecule has 0 fully saturated rings. The summed E-state index contributed by atoms with van der Waals surface area (Å²) < 4.78 is 24.5. The predicted octanol–water partition coefficient (Wildman–Crippen LogP) is 4.10. The normalized spacial score (nSPS) is 17.0. The van der Waals surface area contributed by atoms with Crippen LogP contribution in [0.2, 0.25) is 0 Å². The summed E-state index contributed by atoms with van der Waals surface area (Å²) in [5.74, 6) is 2.15. The zero-order valence-electron chi connectivity index (χ0n) is 16.6. The van der Waals surface area contributed by atoms with Crippen molar-refractivity contribution in [1.82, 2.24) is 9.47 Å². The van der Waals surface area contributed by atoms with Crippen molar-refractivity contribution >= 4 is 0 Å². The largest absolute Gasteiger partial charge is 0.496 e. The molecule has 0 saturated carbocycles. The van der Waals surface area contributed by atoms with Crippen LogP contribution in [0, 0.1) is 0 Å². The van der Waals surface area contributed by atoms with Crippen molar-refractivity contribution in [2.75, 3.05) is 27.9 Å². The van der Waals surface area contributed by atoms with Gasteiger partial charge in [0.25, 0.3) is 0 Å². The summed E-state index contributed by atoms with van der Waals surface area (Å²) in [5, 5.41) is 0. The van der Waals surface area contributed by atoms with Crippen LogP contribution in [0.5, 0.6) is 17.2 Å². The van der Waals surface area contributed by atoms with Crippen molar-refractivity contribution in [3.63, 3.8) is 0 Å². The van der Waals surface area contributed by atoms with E-state index in [4.69, 9.17) is 18.6 Å². The summed E-state index contributed by atoms with van der Waals surface area (Å²) in [5.41, 5.74) is 3.46. The maximum absolute atomic E-state index is 5.77. The second kappa shape index (κ2) is 8.02. The van der Waals surface area contributed by atoms with Crippen molar-refractivity contribution in [1.29, 1.82) is 0 Å². The number of ether oxygens (including phenoxy) is 3. The zero-order chi connectivity index (χ0) is 19.5. The Labute approximate surface area is 165 Å². The summed E-state index contributed by atoms with van der Waals surface area (Å²) in [7, 11) is 4.99. The highest BCUT2D eigenvalue weighted by molar-refractivity contribution is 5.53. The Morgan fingerprint density at radius 3 is 2.50 bits per heavy atom. The number of nitrogens with zero attached hydrogens (tertiary/aromatic N) is 2. The second-order valence-electron chi connectivity index (χ2n) is 6.93. The minimum atomic E-state index is 0.0298. The van der Waals surface area contributed by atoms with Crippen molar-refractivity contribution < 1.29 is 18.6 Å². The van der Waals surface area contributed by atoms with Gasteiger partial charge in [0.2, 0.25) is 0 Å². The minimum absolute atomic E-state index is 0.0298. The van der Waals surface area contributed by atoms with E-state index in [0.717, 1.165) is 42.9 Å². The monoisotopic (exact) mass is 382 g/mol. The highest BCUT2D eigenvalue weighted by Crippen LogP contribution is 2.43. The molecule has 4 rings (SSSR count). The van der Waals surface area contributed by atoms with Crippen LogP contribution < -0.4 is 14.2 Å². The van der Waals surface area contributed by atoms with Gasteiger partial charge >= 0.3 is 0 Å². The first-order chi connectivity index (χ1) is 13.7. The average molecular weight is 382 g/mol. The Kier molecular flexibility index (Phi) is 5.30. The molecule has 1 atom stereocenters. The van der Waals surface area contributed by atoms with E-state index in [-0.39, 0.29) is 6.04 Å². The predicted molar refractivity (Wildman–Crippen MR) is 106 cm³/mol. The Morgan fingerprint density at radius 1 is 1.00 bits per heavy atom. The van der Waals surface area contributed by atoms with Crippen molar-refractivity contribution in [3.05, 3.63) is 65.9 Å². The molecule has 6 nitrogen and oxygen atoms in total. The van der Waals surface area contributed by atoms with E-state index < -0.39 is 0 Å². The zero-order valence-corrected chi connectivity index (χ0v) is 16.6. The van der Waals surface area contributed by atoms with Crippen LogP contribution in [-0.2, 0) is 13.1 Å². The van der Waals surface area contributed by atoms with Gasteiger partial charge in [0.05, 0.1) is 39.9 Å². The number of benzene rings is 1. The van der Waals surface area contributed by atoms with E-state index >= 15 is 0 Å². The molecule has 0 saturated heterocycles. The van der Waals surface area contributed by atoms with Gasteiger partial charge in [-0.25, -0.2) is 0 Å². The number of methoxy groups -OCH3 is 3. The van der Waals surface area contributed by atoms with Crippen LogP contribution in [0.4, 0.5) is 0 Å². The van der Waals surface area contributed by atoms with E-state index in [1.54, 1.807) is 27.6 Å². The molecule has 3 aromatic rings. The van der Waals surface area contributed by atoms with Crippen molar-refractivity contribution in [2.45, 2.75) is 25.6 Å². The Hall–Kier alpha value is -2.86. The quantitative estimate of drug-likeness (QED) is 0.642. The molecule has 3 heterocycles. The van der Waals surface area contributed by atoms with Crippen LogP contribution in [0.15, 0.2) is 53.5 Å². The van der Waals surface area contributed by atoms with Gasteiger partial charge in [0.15, 0.2) is 11.5 Å². The third-order valence-corrected chi connectivity index (χ3v) is 5.35. The topological polar surface area (TPSA) is 49.0 Å². The minimum Gasteiger partial charge on any atom is -0.496 e. The first-order valence-corrected chi connectivity index (χ1v) is 9.45. The maximum atomic E-state index is 5.77. The average Bonchev–Trinajstić information content (AvgIpc) is 3.37.